The van der Waals surface area contributed by atoms with Gasteiger partial charge in [0.1, 0.15) is 17.3 Å². The fourth-order valence-electron chi connectivity index (χ4n) is 4.31. The van der Waals surface area contributed by atoms with Crippen molar-refractivity contribution in [3.05, 3.63) is 78.4 Å². The Labute approximate surface area is 175 Å². The number of rotatable bonds is 5. The number of benzene rings is 3. The summed E-state index contributed by atoms with van der Waals surface area (Å²) in [6.45, 7) is 0. The zero-order chi connectivity index (χ0) is 20.5. The summed E-state index contributed by atoms with van der Waals surface area (Å²) in [5.74, 6) is 2.02. The van der Waals surface area contributed by atoms with E-state index in [1.807, 2.05) is 54.6 Å². The second kappa shape index (κ2) is 7.67. The zero-order valence-corrected chi connectivity index (χ0v) is 16.6. The van der Waals surface area contributed by atoms with Crippen molar-refractivity contribution >= 4 is 16.9 Å². The van der Waals surface area contributed by atoms with Gasteiger partial charge in [-0.15, -0.1) is 0 Å². The van der Waals surface area contributed by atoms with E-state index in [0.29, 0.717) is 11.6 Å². The maximum atomic E-state index is 11.7. The molecule has 1 aromatic heterocycles. The average Bonchev–Trinajstić information content (AvgIpc) is 3.41. The highest BCUT2D eigenvalue weighted by Crippen LogP contribution is 2.38. The Hall–Kier alpha value is -3.60. The third-order valence-corrected chi connectivity index (χ3v) is 5.73. The molecule has 1 saturated carbocycles. The van der Waals surface area contributed by atoms with Crippen LogP contribution in [0.5, 0.6) is 11.5 Å². The predicted octanol–water partition coefficient (Wildman–Crippen LogP) is 5.71. The molecule has 0 radical (unpaired) electrons. The molecule has 1 aliphatic rings. The molecular formula is C25H23N3O2. The number of imidazole rings is 1. The van der Waals surface area contributed by atoms with E-state index in [2.05, 4.69) is 10.6 Å². The predicted molar refractivity (Wildman–Crippen MR) is 118 cm³/mol. The van der Waals surface area contributed by atoms with Crippen LogP contribution in [0.1, 0.15) is 42.1 Å². The lowest BCUT2D eigenvalue weighted by Gasteiger charge is -2.17. The van der Waals surface area contributed by atoms with Crippen LogP contribution in [0.2, 0.25) is 0 Å². The van der Waals surface area contributed by atoms with Crippen molar-refractivity contribution in [3.63, 3.8) is 0 Å². The lowest BCUT2D eigenvalue weighted by Crippen LogP contribution is -2.10. The Morgan fingerprint density at radius 3 is 2.47 bits per heavy atom. The first-order valence-corrected chi connectivity index (χ1v) is 10.3. The Kier molecular flexibility index (Phi) is 4.71. The highest BCUT2D eigenvalue weighted by molar-refractivity contribution is 5.96. The van der Waals surface area contributed by atoms with Crippen LogP contribution in [-0.2, 0) is 0 Å². The van der Waals surface area contributed by atoms with E-state index in [9.17, 15) is 4.79 Å². The van der Waals surface area contributed by atoms with Gasteiger partial charge in [0.05, 0.1) is 11.0 Å². The van der Waals surface area contributed by atoms with Crippen molar-refractivity contribution in [3.8, 4) is 22.9 Å². The highest BCUT2D eigenvalue weighted by atomic mass is 16.5. The summed E-state index contributed by atoms with van der Waals surface area (Å²) in [5.41, 5.74) is 8.79. The number of nitrogens with zero attached hydrogens (tertiary/aromatic N) is 2. The van der Waals surface area contributed by atoms with Crippen molar-refractivity contribution < 1.29 is 9.53 Å². The standard InChI is InChI=1S/C25H23N3O2/c26-24(29)17-13-14-23-22(16-17)27-25(28(23)19-8-4-5-9-19)18-7-6-12-21(15-18)30-20-10-2-1-3-11-20/h1-3,6-7,10-16,19H,4-5,8-9H2,(H2,26,29). The zero-order valence-electron chi connectivity index (χ0n) is 16.6. The number of hydrogen-bond donors (Lipinski definition) is 1. The molecule has 0 aliphatic heterocycles. The van der Waals surface area contributed by atoms with E-state index < -0.39 is 5.91 Å². The molecule has 0 bridgehead atoms. The van der Waals surface area contributed by atoms with Crippen LogP contribution in [0, 0.1) is 0 Å². The first-order valence-electron chi connectivity index (χ1n) is 10.3. The Morgan fingerprint density at radius 2 is 1.70 bits per heavy atom. The molecule has 0 atom stereocenters. The summed E-state index contributed by atoms with van der Waals surface area (Å²) in [6.07, 6.45) is 4.72. The molecule has 0 spiro atoms. The molecule has 1 heterocycles. The second-order valence-corrected chi connectivity index (χ2v) is 7.75. The third-order valence-electron chi connectivity index (χ3n) is 5.73. The highest BCUT2D eigenvalue weighted by Gasteiger charge is 2.24. The van der Waals surface area contributed by atoms with Gasteiger partial charge in [-0.2, -0.15) is 0 Å². The molecule has 0 unspecified atom stereocenters. The summed E-state index contributed by atoms with van der Waals surface area (Å²) < 4.78 is 8.36. The van der Waals surface area contributed by atoms with Crippen molar-refractivity contribution in [1.82, 2.24) is 9.55 Å². The molecule has 1 amide bonds. The Balaban J connectivity index is 1.61. The van der Waals surface area contributed by atoms with Gasteiger partial charge in [0, 0.05) is 17.2 Å². The van der Waals surface area contributed by atoms with E-state index in [-0.39, 0.29) is 0 Å². The molecule has 0 saturated heterocycles. The van der Waals surface area contributed by atoms with Crippen LogP contribution in [0.3, 0.4) is 0 Å². The maximum absolute atomic E-state index is 11.7. The van der Waals surface area contributed by atoms with Gasteiger partial charge in [0.15, 0.2) is 0 Å². The minimum Gasteiger partial charge on any atom is -0.457 e. The molecule has 5 rings (SSSR count). The topological polar surface area (TPSA) is 70.1 Å². The van der Waals surface area contributed by atoms with Crippen molar-refractivity contribution in [2.24, 2.45) is 5.73 Å². The van der Waals surface area contributed by atoms with E-state index in [1.165, 1.54) is 12.8 Å². The molecule has 2 N–H and O–H groups in total. The Bertz CT molecular complexity index is 1210. The number of amides is 1. The van der Waals surface area contributed by atoms with E-state index in [1.54, 1.807) is 12.1 Å². The van der Waals surface area contributed by atoms with E-state index >= 15 is 0 Å². The smallest absolute Gasteiger partial charge is 0.248 e. The van der Waals surface area contributed by atoms with Gasteiger partial charge in [-0.3, -0.25) is 4.79 Å². The van der Waals surface area contributed by atoms with Crippen LogP contribution >= 0.6 is 0 Å². The summed E-state index contributed by atoms with van der Waals surface area (Å²) >= 11 is 0. The van der Waals surface area contributed by atoms with Gasteiger partial charge in [-0.05, 0) is 55.3 Å². The normalized spacial score (nSPS) is 14.3. The summed E-state index contributed by atoms with van der Waals surface area (Å²) in [7, 11) is 0. The third kappa shape index (κ3) is 3.43. The van der Waals surface area contributed by atoms with Crippen LogP contribution in [0.15, 0.2) is 72.8 Å². The number of hydrogen-bond acceptors (Lipinski definition) is 3. The average molecular weight is 397 g/mol. The SMILES string of the molecule is NC(=O)c1ccc2c(c1)nc(-c1cccc(Oc3ccccc3)c1)n2C1CCCC1. The molecule has 3 aromatic carbocycles. The maximum Gasteiger partial charge on any atom is 0.248 e. The number of fused-ring (bicyclic) bond motifs is 1. The van der Waals surface area contributed by atoms with Crippen molar-refractivity contribution in [2.45, 2.75) is 31.7 Å². The number of para-hydroxylation sites is 1. The molecular weight excluding hydrogens is 374 g/mol. The minimum absolute atomic E-state index is 0.406. The lowest BCUT2D eigenvalue weighted by molar-refractivity contribution is 0.100. The molecule has 1 aliphatic carbocycles. The van der Waals surface area contributed by atoms with Crippen LogP contribution in [0.25, 0.3) is 22.4 Å². The first kappa shape index (κ1) is 18.4. The molecule has 4 aromatic rings. The quantitative estimate of drug-likeness (QED) is 0.469. The summed E-state index contributed by atoms with van der Waals surface area (Å²) in [4.78, 5) is 16.6. The largest absolute Gasteiger partial charge is 0.457 e. The summed E-state index contributed by atoms with van der Waals surface area (Å²) in [5, 5.41) is 0. The number of ether oxygens (including phenoxy) is 1. The lowest BCUT2D eigenvalue weighted by atomic mass is 10.1. The number of aromatic nitrogens is 2. The van der Waals surface area contributed by atoms with Gasteiger partial charge in [-0.25, -0.2) is 4.98 Å². The molecule has 5 heteroatoms. The van der Waals surface area contributed by atoms with E-state index in [0.717, 1.165) is 46.8 Å². The second-order valence-electron chi connectivity index (χ2n) is 7.75. The van der Waals surface area contributed by atoms with Crippen LogP contribution in [-0.4, -0.2) is 15.5 Å². The first-order chi connectivity index (χ1) is 14.7. The van der Waals surface area contributed by atoms with Crippen LogP contribution in [0.4, 0.5) is 0 Å². The number of nitrogens with two attached hydrogens (primary N) is 1. The van der Waals surface area contributed by atoms with E-state index in [4.69, 9.17) is 15.5 Å². The van der Waals surface area contributed by atoms with Gasteiger partial charge < -0.3 is 15.0 Å². The molecule has 5 nitrogen and oxygen atoms in total. The number of carbonyl (C=O) groups is 1. The van der Waals surface area contributed by atoms with Crippen LogP contribution < -0.4 is 10.5 Å². The monoisotopic (exact) mass is 397 g/mol. The number of primary amides is 1. The molecule has 150 valence electrons. The Morgan fingerprint density at radius 1 is 0.933 bits per heavy atom. The van der Waals surface area contributed by atoms with Crippen molar-refractivity contribution in [2.75, 3.05) is 0 Å². The molecule has 1 fully saturated rings. The minimum atomic E-state index is -0.438. The molecule has 30 heavy (non-hydrogen) atoms. The van der Waals surface area contributed by atoms with Gasteiger partial charge >= 0.3 is 0 Å². The fraction of sp³-hybridized carbons (Fsp3) is 0.200. The number of carbonyl (C=O) groups excluding carboxylic acids is 1. The van der Waals surface area contributed by atoms with Gasteiger partial charge in [-0.1, -0.05) is 43.2 Å². The van der Waals surface area contributed by atoms with Gasteiger partial charge in [0.2, 0.25) is 5.91 Å². The fourth-order valence-corrected chi connectivity index (χ4v) is 4.31. The van der Waals surface area contributed by atoms with Crippen molar-refractivity contribution in [1.29, 1.82) is 0 Å². The van der Waals surface area contributed by atoms with Gasteiger partial charge in [0.25, 0.3) is 0 Å². The summed E-state index contributed by atoms with van der Waals surface area (Å²) in [6, 6.07) is 23.7.